The number of rotatable bonds is 16. The zero-order chi connectivity index (χ0) is 105. The molecule has 2 fully saturated rings. The van der Waals surface area contributed by atoms with Gasteiger partial charge in [0.15, 0.2) is 46.4 Å². The van der Waals surface area contributed by atoms with E-state index >= 15 is 13.2 Å². The van der Waals surface area contributed by atoms with E-state index in [1.54, 1.807) is 116 Å². The fourth-order valence-electron chi connectivity index (χ4n) is 25.2. The zero-order valence-corrected chi connectivity index (χ0v) is 85.5. The Morgan fingerprint density at radius 1 is 0.447 bits per heavy atom. The molecular formula is C123H113F3N18O6. The first kappa shape index (κ1) is 101. The number of anilines is 1. The number of fused-ring (bicyclic) bond motifs is 13. The number of allylic oxidation sites excluding steroid dienone is 8. The third-order valence-electron chi connectivity index (χ3n) is 33.3. The van der Waals surface area contributed by atoms with E-state index in [0.29, 0.717) is 132 Å². The maximum absolute atomic E-state index is 15.2. The fraction of sp³-hybridized carbons (Fsp3) is 0.341. The Morgan fingerprint density at radius 2 is 0.893 bits per heavy atom. The summed E-state index contributed by atoms with van der Waals surface area (Å²) in [7, 11) is 3.44. The van der Waals surface area contributed by atoms with Crippen molar-refractivity contribution in [2.75, 3.05) is 38.7 Å². The van der Waals surface area contributed by atoms with E-state index in [9.17, 15) is 29.1 Å². The molecule has 12 atom stereocenters. The monoisotopic (exact) mass is 1990 g/mol. The lowest BCUT2D eigenvalue weighted by Crippen LogP contribution is -2.52. The maximum Gasteiger partial charge on any atom is 0.226 e. The van der Waals surface area contributed by atoms with Gasteiger partial charge in [-0.3, -0.25) is 24.7 Å². The lowest BCUT2D eigenvalue weighted by Gasteiger charge is -2.52. The molecular weight excluding hydrogens is 1880 g/mol. The van der Waals surface area contributed by atoms with Gasteiger partial charge in [-0.15, -0.1) is 0 Å². The molecule has 24 nitrogen and oxygen atoms in total. The van der Waals surface area contributed by atoms with Gasteiger partial charge in [0.2, 0.25) is 28.7 Å². The van der Waals surface area contributed by atoms with Gasteiger partial charge in [0.1, 0.15) is 23.3 Å². The van der Waals surface area contributed by atoms with Crippen LogP contribution >= 0.6 is 0 Å². The van der Waals surface area contributed by atoms with Gasteiger partial charge in [-0.25, -0.2) is 72.4 Å². The zero-order valence-electron chi connectivity index (χ0n) is 85.5. The average Bonchev–Trinajstić information content (AvgIpc) is 0.742. The van der Waals surface area contributed by atoms with Crippen molar-refractivity contribution in [3.8, 4) is 90.6 Å². The highest BCUT2D eigenvalue weighted by atomic mass is 19.1. The molecule has 1 amide bonds. The summed E-state index contributed by atoms with van der Waals surface area (Å²) in [5.41, 5.74) is 14.8. The van der Waals surface area contributed by atoms with E-state index in [2.05, 4.69) is 64.1 Å². The highest BCUT2D eigenvalue weighted by Crippen LogP contribution is 2.60. The van der Waals surface area contributed by atoms with E-state index < -0.39 is 27.1 Å². The lowest BCUT2D eigenvalue weighted by molar-refractivity contribution is -0.131. The number of hydrogen-bond acceptors (Lipinski definition) is 19. The van der Waals surface area contributed by atoms with Crippen LogP contribution in [0.25, 0.3) is 121 Å². The molecule has 1 aliphatic heterocycles. The number of aliphatic hydroxyl groups excluding tert-OH is 1. The molecule has 5 aromatic carbocycles. The number of nitrogens with zero attached hydrogens (tertiary/aromatic N) is 18. The van der Waals surface area contributed by atoms with E-state index in [0.717, 1.165) is 135 Å². The number of hydrogen-bond donors (Lipinski definition) is 1. The molecule has 8 aromatic heterocycles. The van der Waals surface area contributed by atoms with Crippen LogP contribution in [0, 0.1) is 90.6 Å². The molecule has 27 heteroatoms. The molecule has 9 aliphatic carbocycles. The number of aliphatic hydroxyl groups is 1. The predicted octanol–water partition coefficient (Wildman–Crippen LogP) is 23.4. The molecule has 1 saturated heterocycles. The van der Waals surface area contributed by atoms with Crippen molar-refractivity contribution in [1.82, 2.24) is 64.7 Å². The molecule has 0 bridgehead atoms. The largest absolute Gasteiger partial charge is 0.396 e. The van der Waals surface area contributed by atoms with Crippen LogP contribution in [0.4, 0.5) is 19.0 Å². The first-order chi connectivity index (χ1) is 72.3. The minimum atomic E-state index is -0.817. The van der Waals surface area contributed by atoms with Gasteiger partial charge in [-0.2, -0.15) is 0 Å². The van der Waals surface area contributed by atoms with Crippen LogP contribution in [0.5, 0.6) is 0 Å². The molecule has 150 heavy (non-hydrogen) atoms. The number of Topliss-reactive ketones (excluding diaryl/α,β-unsaturated/α-hetero) is 4. The van der Waals surface area contributed by atoms with Crippen molar-refractivity contribution in [3.05, 3.63) is 361 Å². The van der Waals surface area contributed by atoms with Crippen LogP contribution in [0.15, 0.2) is 242 Å². The van der Waals surface area contributed by atoms with Crippen LogP contribution in [0.3, 0.4) is 0 Å². The second kappa shape index (κ2) is 40.9. The van der Waals surface area contributed by atoms with Crippen LogP contribution in [0.1, 0.15) is 188 Å². The van der Waals surface area contributed by atoms with Gasteiger partial charge in [0.05, 0.1) is 77.4 Å². The van der Waals surface area contributed by atoms with Gasteiger partial charge in [0, 0.05) is 199 Å². The summed E-state index contributed by atoms with van der Waals surface area (Å²) in [6.07, 6.45) is 26.3. The third-order valence-corrected chi connectivity index (χ3v) is 33.3. The van der Waals surface area contributed by atoms with E-state index in [-0.39, 0.29) is 117 Å². The molecule has 9 heterocycles. The Labute approximate surface area is 870 Å². The summed E-state index contributed by atoms with van der Waals surface area (Å²) in [4.78, 5) is 141. The second-order valence-corrected chi connectivity index (χ2v) is 42.5. The number of pyridine rings is 4. The fourth-order valence-corrected chi connectivity index (χ4v) is 25.2. The number of benzene rings is 5. The summed E-state index contributed by atoms with van der Waals surface area (Å²) in [6, 6.07) is 51.3. The number of carbonyl (C=O) groups excluding carboxylic acids is 5. The Hall–Kier alpha value is -16.1. The van der Waals surface area contributed by atoms with Crippen molar-refractivity contribution in [1.29, 1.82) is 0 Å². The average molecular weight is 2000 g/mol. The predicted molar refractivity (Wildman–Crippen MR) is 568 cm³/mol. The summed E-state index contributed by atoms with van der Waals surface area (Å²) in [5.74, 6) is 1.15. The van der Waals surface area contributed by atoms with Crippen LogP contribution in [-0.4, -0.2) is 133 Å². The van der Waals surface area contributed by atoms with E-state index in [1.807, 2.05) is 139 Å². The molecule has 1 N–H and O–H groups in total. The molecule has 1 saturated carbocycles. The molecule has 0 spiro atoms. The van der Waals surface area contributed by atoms with Gasteiger partial charge >= 0.3 is 0 Å². The lowest BCUT2D eigenvalue weighted by atomic mass is 9.51. The molecule has 13 aromatic rings. The van der Waals surface area contributed by atoms with Crippen LogP contribution < -0.4 is 4.90 Å². The molecule has 0 unspecified atom stereocenters. The minimum absolute atomic E-state index is 0.0106. The van der Waals surface area contributed by atoms with Crippen molar-refractivity contribution >= 4 is 45.8 Å². The summed E-state index contributed by atoms with van der Waals surface area (Å²) in [6.45, 7) is 48.6. The van der Waals surface area contributed by atoms with Crippen molar-refractivity contribution < 1.29 is 42.3 Å². The highest BCUT2D eigenvalue weighted by molar-refractivity contribution is 6.04. The number of para-hydroxylation sites is 1. The standard InChI is InChI=1S/C32H31FN4O2.C32H25FN4O.C31H30FN5O2.C28H27N5O/c1-31(14-6-16-38)26-12-11-22-27(21-7-4-5-8-23(21)33)36-30(20-13-15-35-24(17-20)19-9-10-19)37-28(22)32(26,2)18-25(34-3)29(31)39;1-19-24-15-14-23-28(22-11-7-8-12-25(22)33)36-31(37-30(23)32(24,2)17-27(34-3)29(19)38)21-13-16-26(35-18-21)20-9-5-4-6-10-20;1-18-23-12-11-22-27(21-8-6-7-9-24(21)32)35-30(36-29(22)31(23,2)17-25(33-3)28(18)39)19-14-15-34-20(16-19)10-13-26(38)37(4)5;1-17-21-11-10-20-25(28(21,2)16-23(29-3)24(17)34)31-26(32-27(20)33-14-6-7-15-33)19-12-13-30-22-9-5-4-8-18(19)22/h4-5,7-8,13,15,17-19,26,38H,6,9-12,14,16H2,1-2H3;4-13,16-19,24H,14-15H2,1-2H3;6-9,14-18,23H,10-13H2,1-2,4-5H3;4-5,8-9,12-13,16-17,21H,6-7,10-11,14-15H2,1-2H3/t26-,31-,32-;19-,24-,32-;18-,23-,31-;17-,21-,28-/m1111/s1. The maximum atomic E-state index is 15.2. The Balaban J connectivity index is 0.000000121. The van der Waals surface area contributed by atoms with Gasteiger partial charge in [-0.1, -0.05) is 165 Å². The number of carbonyl (C=O) groups is 5. The molecule has 752 valence electrons. The third kappa shape index (κ3) is 18.3. The highest BCUT2D eigenvalue weighted by Gasteiger charge is 2.58. The Morgan fingerprint density at radius 3 is 1.39 bits per heavy atom. The summed E-state index contributed by atoms with van der Waals surface area (Å²) in [5, 5.41) is 10.6. The summed E-state index contributed by atoms with van der Waals surface area (Å²) < 4.78 is 45.5. The van der Waals surface area contributed by atoms with E-state index in [4.69, 9.17) is 66.2 Å². The van der Waals surface area contributed by atoms with Gasteiger partial charge < -0.3 is 34.1 Å². The normalized spacial score (nSPS) is 23.9. The SMILES string of the molecule is [C-]#[N+]C1=C[C@@]2(C)c3nc(-c4ccc(-c5ccccc5)nc4)nc(-c4ccccc4F)c3CC[C@@H]2[C@@H](C)C1=O.[C-]#[N+]C1=C[C@@]2(C)c3nc(-c4ccnc(C5CC5)c4)nc(-c4ccccc4F)c3CC[C@@H]2[C@@](C)(CCCO)C1=O.[C-]#[N+]C1=C[C@@]2(C)c3nc(-c4ccnc(CCC(=O)N(C)C)c4)nc(-c4ccccc4F)c3CC[C@@H]2[C@@H](C)C1=O.[C-]#[N+]C1=C[C@@]2(C)c3nc(-c4ccnc5ccccc45)nc(N4CCCC4)c3CC[C@@H]2[C@@H](C)C1=O. The Kier molecular flexibility index (Phi) is 27.6. The quantitative estimate of drug-likeness (QED) is 0.0879. The minimum Gasteiger partial charge on any atom is -0.396 e. The van der Waals surface area contributed by atoms with Gasteiger partial charge in [0.25, 0.3) is 0 Å². The van der Waals surface area contributed by atoms with Crippen molar-refractivity contribution in [2.45, 2.75) is 186 Å². The summed E-state index contributed by atoms with van der Waals surface area (Å²) >= 11 is 0. The molecule has 0 radical (unpaired) electrons. The number of amides is 1. The first-order valence-electron chi connectivity index (χ1n) is 51.7. The topological polar surface area (TPSA) is 284 Å². The number of aryl methyl sites for hydroxylation is 1. The number of aromatic nitrogens is 12. The molecule has 23 rings (SSSR count). The number of halogens is 3. The van der Waals surface area contributed by atoms with E-state index in [1.165, 1.54) is 36.6 Å². The first-order valence-corrected chi connectivity index (χ1v) is 51.7. The number of ketones is 4. The van der Waals surface area contributed by atoms with Crippen molar-refractivity contribution in [2.24, 2.45) is 46.8 Å². The smallest absolute Gasteiger partial charge is 0.226 e. The second-order valence-electron chi connectivity index (χ2n) is 42.5. The Bertz CT molecular complexity index is 8000. The van der Waals surface area contributed by atoms with Crippen molar-refractivity contribution in [3.63, 3.8) is 0 Å². The van der Waals surface area contributed by atoms with Gasteiger partial charge in [-0.05, 0) is 205 Å². The molecule has 10 aliphatic rings. The van der Waals surface area contributed by atoms with Crippen LogP contribution in [-0.2, 0) is 77.7 Å². The van der Waals surface area contributed by atoms with Crippen LogP contribution in [0.2, 0.25) is 0 Å².